The molecule has 1 fully saturated rings. The number of hydrogen-bond acceptors (Lipinski definition) is 5. The largest absolute Gasteiger partial charge is 0.491 e. The van der Waals surface area contributed by atoms with Crippen LogP contribution in [0.2, 0.25) is 0 Å². The molecule has 4 rings (SSSR count). The van der Waals surface area contributed by atoms with Gasteiger partial charge in [-0.05, 0) is 50.1 Å². The SMILES string of the molecule is CO[C@H]1CN(C)C(=O)c2ccc(NC(=O)Nc3cccc(F)c3)cc2OC[C@@H](C)N(C(=O)C2CC2)C[C@H]1C. The molecule has 2 aromatic rings. The van der Waals surface area contributed by atoms with Crippen molar-refractivity contribution < 1.29 is 28.2 Å². The lowest BCUT2D eigenvalue weighted by Crippen LogP contribution is -2.49. The van der Waals surface area contributed by atoms with Gasteiger partial charge in [0.05, 0.1) is 17.7 Å². The predicted molar refractivity (Wildman–Crippen MR) is 142 cm³/mol. The van der Waals surface area contributed by atoms with Gasteiger partial charge in [-0.2, -0.15) is 0 Å². The molecule has 1 heterocycles. The van der Waals surface area contributed by atoms with Gasteiger partial charge in [-0.3, -0.25) is 9.59 Å². The molecule has 0 radical (unpaired) electrons. The molecule has 1 aliphatic carbocycles. The zero-order chi connectivity index (χ0) is 27.4. The summed E-state index contributed by atoms with van der Waals surface area (Å²) in [4.78, 5) is 42.4. The number of urea groups is 1. The van der Waals surface area contributed by atoms with Crippen LogP contribution in [-0.4, -0.2) is 73.6 Å². The molecule has 204 valence electrons. The molecule has 3 atom stereocenters. The van der Waals surface area contributed by atoms with E-state index in [1.165, 1.54) is 18.2 Å². The molecule has 0 spiro atoms. The van der Waals surface area contributed by atoms with Crippen molar-refractivity contribution in [1.29, 1.82) is 0 Å². The summed E-state index contributed by atoms with van der Waals surface area (Å²) in [6.45, 7) is 4.97. The number of methoxy groups -OCH3 is 1. The van der Waals surface area contributed by atoms with Gasteiger partial charge in [0.25, 0.3) is 5.91 Å². The minimum atomic E-state index is -0.571. The third-order valence-electron chi connectivity index (χ3n) is 7.00. The van der Waals surface area contributed by atoms with E-state index < -0.39 is 11.8 Å². The number of fused-ring (bicyclic) bond motifs is 1. The Morgan fingerprint density at radius 2 is 1.76 bits per heavy atom. The Kier molecular flexibility index (Phi) is 8.51. The third-order valence-corrected chi connectivity index (χ3v) is 7.00. The van der Waals surface area contributed by atoms with Crippen molar-refractivity contribution in [3.63, 3.8) is 0 Å². The van der Waals surface area contributed by atoms with Crippen molar-refractivity contribution >= 4 is 29.2 Å². The van der Waals surface area contributed by atoms with Crippen LogP contribution >= 0.6 is 0 Å². The Hall–Kier alpha value is -3.66. The number of ether oxygens (including phenoxy) is 2. The average Bonchev–Trinajstić information content (AvgIpc) is 3.73. The van der Waals surface area contributed by atoms with Crippen LogP contribution in [0.3, 0.4) is 0 Å². The van der Waals surface area contributed by atoms with Gasteiger partial charge in [-0.15, -0.1) is 0 Å². The second-order valence-corrected chi connectivity index (χ2v) is 10.2. The number of carbonyl (C=O) groups is 3. The van der Waals surface area contributed by atoms with Crippen LogP contribution in [0.15, 0.2) is 42.5 Å². The quantitative estimate of drug-likeness (QED) is 0.622. The minimum Gasteiger partial charge on any atom is -0.491 e. The summed E-state index contributed by atoms with van der Waals surface area (Å²) >= 11 is 0. The number of rotatable bonds is 4. The highest BCUT2D eigenvalue weighted by Crippen LogP contribution is 2.33. The van der Waals surface area contributed by atoms with Crippen molar-refractivity contribution in [2.45, 2.75) is 38.8 Å². The summed E-state index contributed by atoms with van der Waals surface area (Å²) in [5.41, 5.74) is 1.03. The summed E-state index contributed by atoms with van der Waals surface area (Å²) in [5, 5.41) is 5.27. The molecule has 0 bridgehead atoms. The number of halogens is 1. The van der Waals surface area contributed by atoms with Crippen molar-refractivity contribution in [1.82, 2.24) is 9.80 Å². The zero-order valence-corrected chi connectivity index (χ0v) is 22.2. The lowest BCUT2D eigenvalue weighted by Gasteiger charge is -2.36. The average molecular weight is 527 g/mol. The fourth-order valence-corrected chi connectivity index (χ4v) is 4.58. The first-order valence-electron chi connectivity index (χ1n) is 12.9. The van der Waals surface area contributed by atoms with Crippen molar-refractivity contribution in [2.24, 2.45) is 11.8 Å². The predicted octanol–water partition coefficient (Wildman–Crippen LogP) is 4.21. The molecule has 1 aliphatic heterocycles. The summed E-state index contributed by atoms with van der Waals surface area (Å²) < 4.78 is 25.3. The summed E-state index contributed by atoms with van der Waals surface area (Å²) in [6.07, 6.45) is 1.54. The molecule has 2 aromatic carbocycles. The molecule has 2 N–H and O–H groups in total. The first-order chi connectivity index (χ1) is 18.2. The Balaban J connectivity index is 1.58. The maximum atomic E-state index is 13.5. The van der Waals surface area contributed by atoms with Gasteiger partial charge in [-0.1, -0.05) is 13.0 Å². The highest BCUT2D eigenvalue weighted by molar-refractivity contribution is 6.01. The molecular weight excluding hydrogens is 491 g/mol. The van der Waals surface area contributed by atoms with E-state index in [-0.39, 0.29) is 42.4 Å². The minimum absolute atomic E-state index is 0.00229. The van der Waals surface area contributed by atoms with Gasteiger partial charge >= 0.3 is 6.03 Å². The number of nitrogens with zero attached hydrogens (tertiary/aromatic N) is 2. The zero-order valence-electron chi connectivity index (χ0n) is 22.2. The lowest BCUT2D eigenvalue weighted by atomic mass is 10.0. The van der Waals surface area contributed by atoms with Crippen LogP contribution in [0.4, 0.5) is 20.6 Å². The van der Waals surface area contributed by atoms with Crippen molar-refractivity contribution in [2.75, 3.05) is 44.5 Å². The first-order valence-corrected chi connectivity index (χ1v) is 12.9. The van der Waals surface area contributed by atoms with Crippen LogP contribution in [-0.2, 0) is 9.53 Å². The van der Waals surface area contributed by atoms with E-state index in [4.69, 9.17) is 9.47 Å². The van der Waals surface area contributed by atoms with Gasteiger partial charge in [0.1, 0.15) is 18.2 Å². The van der Waals surface area contributed by atoms with E-state index in [9.17, 15) is 18.8 Å². The Morgan fingerprint density at radius 3 is 2.42 bits per heavy atom. The normalized spacial score (nSPS) is 22.4. The Bertz CT molecular complexity index is 1190. The molecule has 0 unspecified atom stereocenters. The second kappa shape index (κ2) is 11.8. The van der Waals surface area contributed by atoms with E-state index in [2.05, 4.69) is 10.6 Å². The van der Waals surface area contributed by atoms with Crippen LogP contribution in [0.5, 0.6) is 5.75 Å². The van der Waals surface area contributed by atoms with Gasteiger partial charge in [-0.25, -0.2) is 9.18 Å². The molecule has 9 nitrogen and oxygen atoms in total. The second-order valence-electron chi connectivity index (χ2n) is 10.2. The molecule has 1 saturated carbocycles. The number of benzene rings is 2. The van der Waals surface area contributed by atoms with E-state index in [0.29, 0.717) is 35.8 Å². The molecule has 10 heteroatoms. The van der Waals surface area contributed by atoms with E-state index in [0.717, 1.165) is 12.8 Å². The topological polar surface area (TPSA) is 100 Å². The van der Waals surface area contributed by atoms with E-state index in [1.807, 2.05) is 18.7 Å². The van der Waals surface area contributed by atoms with Gasteiger partial charge in [0.2, 0.25) is 5.91 Å². The highest BCUT2D eigenvalue weighted by atomic mass is 19.1. The molecule has 38 heavy (non-hydrogen) atoms. The monoisotopic (exact) mass is 526 g/mol. The number of hydrogen-bond donors (Lipinski definition) is 2. The number of nitrogens with one attached hydrogen (secondary N) is 2. The van der Waals surface area contributed by atoms with Gasteiger partial charge in [0, 0.05) is 56.5 Å². The first kappa shape index (κ1) is 27.4. The summed E-state index contributed by atoms with van der Waals surface area (Å²) in [7, 11) is 3.32. The smallest absolute Gasteiger partial charge is 0.323 e. The fourth-order valence-electron chi connectivity index (χ4n) is 4.58. The lowest BCUT2D eigenvalue weighted by molar-refractivity contribution is -0.136. The van der Waals surface area contributed by atoms with Crippen molar-refractivity contribution in [3.05, 3.63) is 53.8 Å². The summed E-state index contributed by atoms with van der Waals surface area (Å²) in [5.74, 6) is -0.242. The fraction of sp³-hybridized carbons (Fsp3) is 0.464. The number of amides is 4. The van der Waals surface area contributed by atoms with Gasteiger partial charge < -0.3 is 29.9 Å². The molecule has 0 aromatic heterocycles. The molecule has 2 aliphatic rings. The number of carbonyl (C=O) groups excluding carboxylic acids is 3. The maximum absolute atomic E-state index is 13.5. The molecular formula is C28H35FN4O5. The molecule has 0 saturated heterocycles. The molecule has 4 amide bonds. The Labute approximate surface area is 222 Å². The number of likely N-dealkylation sites (N-methyl/N-ethyl adjacent to an activating group) is 1. The van der Waals surface area contributed by atoms with Gasteiger partial charge in [0.15, 0.2) is 0 Å². The van der Waals surface area contributed by atoms with Crippen LogP contribution in [0.25, 0.3) is 0 Å². The third kappa shape index (κ3) is 6.61. The highest BCUT2D eigenvalue weighted by Gasteiger charge is 2.37. The van der Waals surface area contributed by atoms with E-state index in [1.54, 1.807) is 43.3 Å². The van der Waals surface area contributed by atoms with Crippen LogP contribution < -0.4 is 15.4 Å². The van der Waals surface area contributed by atoms with Crippen molar-refractivity contribution in [3.8, 4) is 5.75 Å². The van der Waals surface area contributed by atoms with E-state index >= 15 is 0 Å². The Morgan fingerprint density at radius 1 is 1.05 bits per heavy atom. The van der Waals surface area contributed by atoms with Crippen LogP contribution in [0, 0.1) is 17.7 Å². The number of anilines is 2. The van der Waals surface area contributed by atoms with Crippen LogP contribution in [0.1, 0.15) is 37.0 Å². The standard InChI is InChI=1S/C28H35FN4O5/c1-17-14-33(26(34)19-8-9-19)18(2)16-38-24-13-22(31-28(36)30-21-7-5-6-20(29)12-21)10-11-23(24)27(35)32(3)15-25(17)37-4/h5-7,10-13,17-19,25H,8-9,14-16H2,1-4H3,(H2,30,31,36)/t17-,18-,25+/m1/s1. The summed E-state index contributed by atoms with van der Waals surface area (Å²) in [6, 6.07) is 9.53. The maximum Gasteiger partial charge on any atom is 0.323 e.